The number of rotatable bonds is 1. The van der Waals surface area contributed by atoms with Gasteiger partial charge in [0.25, 0.3) is 0 Å². The number of hydrogen-bond acceptors (Lipinski definition) is 1. The highest BCUT2D eigenvalue weighted by molar-refractivity contribution is 6.88. The first-order valence-corrected chi connectivity index (χ1v) is 10.3. The lowest BCUT2D eigenvalue weighted by atomic mass is 9.68. The van der Waals surface area contributed by atoms with Crippen LogP contribution in [-0.2, 0) is 5.41 Å². The van der Waals surface area contributed by atoms with E-state index in [1.807, 2.05) is 6.07 Å². The van der Waals surface area contributed by atoms with Crippen LogP contribution in [0.3, 0.4) is 0 Å². The van der Waals surface area contributed by atoms with E-state index in [2.05, 4.69) is 51.5 Å². The Morgan fingerprint density at radius 3 is 2.47 bits per heavy atom. The molecule has 1 atom stereocenters. The molecule has 0 fully saturated rings. The molecular weight excluding hydrogens is 248 g/mol. The van der Waals surface area contributed by atoms with Crippen LogP contribution >= 0.6 is 0 Å². The predicted octanol–water partition coefficient (Wildman–Crippen LogP) is 3.35. The quantitative estimate of drug-likeness (QED) is 0.565. The van der Waals surface area contributed by atoms with Crippen molar-refractivity contribution in [3.05, 3.63) is 29.3 Å². The van der Waals surface area contributed by atoms with Gasteiger partial charge in [-0.25, -0.2) is 0 Å². The van der Waals surface area contributed by atoms with Crippen molar-refractivity contribution in [3.63, 3.8) is 0 Å². The van der Waals surface area contributed by atoms with Crippen LogP contribution in [0.4, 0.5) is 0 Å². The van der Waals surface area contributed by atoms with Crippen molar-refractivity contribution in [2.75, 3.05) is 0 Å². The minimum absolute atomic E-state index is 0.0179. The summed E-state index contributed by atoms with van der Waals surface area (Å²) in [7, 11) is -1.35. The molecule has 100 valence electrons. The van der Waals surface area contributed by atoms with Gasteiger partial charge in [0.15, 0.2) is 5.78 Å². The predicted molar refractivity (Wildman–Crippen MR) is 83.7 cm³/mol. The van der Waals surface area contributed by atoms with Crippen LogP contribution in [0.1, 0.15) is 36.2 Å². The van der Waals surface area contributed by atoms with Crippen LogP contribution in [0, 0.1) is 18.3 Å². The molecule has 0 radical (unpaired) electrons. The molecule has 0 heterocycles. The first-order valence-electron chi connectivity index (χ1n) is 6.82. The topological polar surface area (TPSA) is 17.1 Å². The maximum Gasteiger partial charge on any atom is 0.178 e. The maximum atomic E-state index is 12.4. The van der Waals surface area contributed by atoms with Crippen molar-refractivity contribution in [1.29, 1.82) is 0 Å². The summed E-state index contributed by atoms with van der Waals surface area (Å²) >= 11 is 0. The Bertz CT molecular complexity index is 570. The molecule has 0 amide bonds. The first kappa shape index (κ1) is 14.1. The van der Waals surface area contributed by atoms with Gasteiger partial charge in [-0.3, -0.25) is 4.79 Å². The number of ketones is 1. The molecule has 0 aromatic heterocycles. The molecule has 0 spiro atoms. The molecule has 19 heavy (non-hydrogen) atoms. The van der Waals surface area contributed by atoms with Crippen molar-refractivity contribution in [2.45, 2.75) is 45.3 Å². The molecule has 1 aliphatic rings. The molecule has 0 saturated heterocycles. The van der Waals surface area contributed by atoms with Gasteiger partial charge in [-0.2, -0.15) is 0 Å². The molecule has 2 heteroatoms. The van der Waals surface area contributed by atoms with Crippen molar-refractivity contribution >= 4 is 19.0 Å². The smallest absolute Gasteiger partial charge is 0.178 e. The SMILES string of the molecule is C#CC1CC(C)(C)c2cc([Si](C)(C)C)ccc2C1=O. The summed E-state index contributed by atoms with van der Waals surface area (Å²) < 4.78 is 0. The van der Waals surface area contributed by atoms with Gasteiger partial charge in [0.05, 0.1) is 14.0 Å². The monoisotopic (exact) mass is 270 g/mol. The summed E-state index contributed by atoms with van der Waals surface area (Å²) in [6, 6.07) is 6.38. The average Bonchev–Trinajstić information content (AvgIpc) is 2.32. The summed E-state index contributed by atoms with van der Waals surface area (Å²) in [6.45, 7) is 11.4. The fourth-order valence-electron chi connectivity index (χ4n) is 2.82. The molecular formula is C17H22OSi. The van der Waals surface area contributed by atoms with E-state index >= 15 is 0 Å². The van der Waals surface area contributed by atoms with Gasteiger partial charge < -0.3 is 0 Å². The van der Waals surface area contributed by atoms with Crippen molar-refractivity contribution in [2.24, 2.45) is 5.92 Å². The fraction of sp³-hybridized carbons (Fsp3) is 0.471. The third-order valence-corrected chi connectivity index (χ3v) is 6.16. The highest BCUT2D eigenvalue weighted by Gasteiger charge is 2.38. The standard InChI is InChI=1S/C17H22OSi/c1-7-12-11-17(2,3)15-10-13(19(4,5)6)8-9-14(15)16(12)18/h1,8-10,12H,11H2,2-6H3. The van der Waals surface area contributed by atoms with Gasteiger partial charge in [-0.1, -0.05) is 62.8 Å². The second kappa shape index (κ2) is 4.35. The minimum Gasteiger partial charge on any atom is -0.293 e. The fourth-order valence-corrected chi connectivity index (χ4v) is 3.98. The summed E-state index contributed by atoms with van der Waals surface area (Å²) in [4.78, 5) is 12.4. The zero-order chi connectivity index (χ0) is 14.4. The van der Waals surface area contributed by atoms with Crippen LogP contribution in [0.2, 0.25) is 19.6 Å². The van der Waals surface area contributed by atoms with E-state index in [0.717, 1.165) is 12.0 Å². The largest absolute Gasteiger partial charge is 0.293 e. The maximum absolute atomic E-state index is 12.4. The van der Waals surface area contributed by atoms with E-state index in [4.69, 9.17) is 6.42 Å². The molecule has 0 bridgehead atoms. The molecule has 1 unspecified atom stereocenters. The van der Waals surface area contributed by atoms with Gasteiger partial charge in [-0.15, -0.1) is 6.42 Å². The van der Waals surface area contributed by atoms with Crippen LogP contribution < -0.4 is 5.19 Å². The first-order chi connectivity index (χ1) is 8.66. The molecule has 0 saturated carbocycles. The Kier molecular flexibility index (Phi) is 3.22. The van der Waals surface area contributed by atoms with Gasteiger partial charge >= 0.3 is 0 Å². The zero-order valence-corrected chi connectivity index (χ0v) is 13.5. The number of fused-ring (bicyclic) bond motifs is 1. The van der Waals surface area contributed by atoms with E-state index in [1.165, 1.54) is 10.8 Å². The van der Waals surface area contributed by atoms with E-state index in [-0.39, 0.29) is 17.1 Å². The number of hydrogen-bond donors (Lipinski definition) is 0. The van der Waals surface area contributed by atoms with Crippen LogP contribution in [0.5, 0.6) is 0 Å². The summed E-state index contributed by atoms with van der Waals surface area (Å²) in [5.41, 5.74) is 2.00. The lowest BCUT2D eigenvalue weighted by molar-refractivity contribution is 0.0914. The Morgan fingerprint density at radius 2 is 1.95 bits per heavy atom. The van der Waals surface area contributed by atoms with Crippen LogP contribution in [0.25, 0.3) is 0 Å². The molecule has 1 aromatic carbocycles. The van der Waals surface area contributed by atoms with E-state index in [9.17, 15) is 4.79 Å². The number of carbonyl (C=O) groups is 1. The molecule has 2 rings (SSSR count). The third kappa shape index (κ3) is 2.40. The Morgan fingerprint density at radius 1 is 1.32 bits per heavy atom. The van der Waals surface area contributed by atoms with Crippen molar-refractivity contribution in [3.8, 4) is 12.3 Å². The molecule has 1 nitrogen and oxygen atoms in total. The Labute approximate surface area is 117 Å². The minimum atomic E-state index is -1.35. The lowest BCUT2D eigenvalue weighted by Crippen LogP contribution is -2.41. The number of carbonyl (C=O) groups excluding carboxylic acids is 1. The number of Topliss-reactive ketones (excluding diaryl/α,β-unsaturated/α-hetero) is 1. The van der Waals surface area contributed by atoms with E-state index in [0.29, 0.717) is 0 Å². The molecule has 1 aromatic rings. The summed E-state index contributed by atoms with van der Waals surface area (Å²) in [6.07, 6.45) is 6.26. The Balaban J connectivity index is 2.62. The van der Waals surface area contributed by atoms with Gasteiger partial charge in [0.2, 0.25) is 0 Å². The van der Waals surface area contributed by atoms with Gasteiger partial charge in [-0.05, 0) is 17.4 Å². The molecule has 1 aliphatic carbocycles. The van der Waals surface area contributed by atoms with Crippen molar-refractivity contribution < 1.29 is 4.79 Å². The molecule has 0 aliphatic heterocycles. The highest BCUT2D eigenvalue weighted by Crippen LogP contribution is 2.39. The van der Waals surface area contributed by atoms with Crippen LogP contribution in [0.15, 0.2) is 18.2 Å². The second-order valence-corrected chi connectivity index (χ2v) is 12.3. The lowest BCUT2D eigenvalue weighted by Gasteiger charge is -2.35. The Hall–Kier alpha value is -1.33. The van der Waals surface area contributed by atoms with E-state index < -0.39 is 8.07 Å². The summed E-state index contributed by atoms with van der Waals surface area (Å²) in [5, 5.41) is 1.41. The second-order valence-electron chi connectivity index (χ2n) is 7.18. The molecule has 0 N–H and O–H groups in total. The summed E-state index contributed by atoms with van der Waals surface area (Å²) in [5.74, 6) is 2.51. The normalized spacial score (nSPS) is 21.7. The third-order valence-electron chi connectivity index (χ3n) is 4.11. The number of benzene rings is 1. The van der Waals surface area contributed by atoms with E-state index in [1.54, 1.807) is 0 Å². The zero-order valence-electron chi connectivity index (χ0n) is 12.5. The number of terminal acetylenes is 1. The van der Waals surface area contributed by atoms with Crippen LogP contribution in [-0.4, -0.2) is 13.9 Å². The van der Waals surface area contributed by atoms with Gasteiger partial charge in [0.1, 0.15) is 0 Å². The van der Waals surface area contributed by atoms with Gasteiger partial charge in [0, 0.05) is 5.56 Å². The highest BCUT2D eigenvalue weighted by atomic mass is 28.3. The van der Waals surface area contributed by atoms with Crippen molar-refractivity contribution in [1.82, 2.24) is 0 Å². The average molecular weight is 270 g/mol.